The lowest BCUT2D eigenvalue weighted by Gasteiger charge is -2.35. The second-order valence-corrected chi connectivity index (χ2v) is 7.34. The van der Waals surface area contributed by atoms with Crippen LogP contribution < -0.4 is 10.2 Å². The van der Waals surface area contributed by atoms with Crippen molar-refractivity contribution in [1.82, 2.24) is 5.32 Å². The van der Waals surface area contributed by atoms with Crippen molar-refractivity contribution in [1.29, 1.82) is 0 Å². The van der Waals surface area contributed by atoms with Gasteiger partial charge in [0.15, 0.2) is 0 Å². The first kappa shape index (κ1) is 13.2. The van der Waals surface area contributed by atoms with E-state index < -0.39 is 0 Å². The summed E-state index contributed by atoms with van der Waals surface area (Å²) in [6.07, 6.45) is 5.40. The van der Waals surface area contributed by atoms with Gasteiger partial charge >= 0.3 is 0 Å². The van der Waals surface area contributed by atoms with E-state index in [0.717, 1.165) is 12.6 Å². The third-order valence-corrected chi connectivity index (χ3v) is 6.06. The van der Waals surface area contributed by atoms with Crippen molar-refractivity contribution in [3.05, 3.63) is 26.2 Å². The number of halogens is 2. The van der Waals surface area contributed by atoms with E-state index in [0.29, 0.717) is 6.04 Å². The quantitative estimate of drug-likeness (QED) is 0.748. The lowest BCUT2D eigenvalue weighted by Crippen LogP contribution is -2.46. The summed E-state index contributed by atoms with van der Waals surface area (Å²) >= 11 is 5.96. The number of piperidine rings is 1. The number of anilines is 1. The van der Waals surface area contributed by atoms with Gasteiger partial charge in [-0.1, -0.05) is 0 Å². The molecule has 1 heterocycles. The first-order valence-corrected chi connectivity index (χ1v) is 8.55. The number of nitrogens with one attached hydrogen (secondary N) is 1. The highest BCUT2D eigenvalue weighted by atomic mass is 127. The molecule has 4 heteroatoms. The maximum atomic E-state index is 3.77. The minimum absolute atomic E-state index is 0.688. The van der Waals surface area contributed by atoms with E-state index in [1.807, 2.05) is 0 Å². The number of hydrogen-bond donors (Lipinski definition) is 1. The molecule has 2 fully saturated rings. The van der Waals surface area contributed by atoms with Crippen LogP contribution in [0.1, 0.15) is 25.7 Å². The summed E-state index contributed by atoms with van der Waals surface area (Å²) in [5.74, 6) is 0. The van der Waals surface area contributed by atoms with Gasteiger partial charge in [-0.2, -0.15) is 0 Å². The lowest BCUT2D eigenvalue weighted by molar-refractivity contribution is 0.420. The monoisotopic (exact) mass is 420 g/mol. The van der Waals surface area contributed by atoms with E-state index in [1.54, 1.807) is 0 Å². The summed E-state index contributed by atoms with van der Waals surface area (Å²) in [6.45, 7) is 2.36. The third-order valence-electron chi connectivity index (χ3n) is 3.74. The molecule has 3 rings (SSSR count). The van der Waals surface area contributed by atoms with Crippen LogP contribution in [0.3, 0.4) is 0 Å². The van der Waals surface area contributed by atoms with E-state index in [9.17, 15) is 0 Å². The number of rotatable bonds is 3. The standard InChI is InChI=1S/C14H18BrIN2/c15-13-6-5-12(8-14(13)16)18-7-1-2-11(9-18)17-10-3-4-10/h5-6,8,10-11,17H,1-4,7,9H2. The van der Waals surface area contributed by atoms with Gasteiger partial charge in [-0.25, -0.2) is 0 Å². The van der Waals surface area contributed by atoms with Crippen LogP contribution >= 0.6 is 38.5 Å². The van der Waals surface area contributed by atoms with Gasteiger partial charge in [0, 0.05) is 38.9 Å². The molecule has 0 bridgehead atoms. The van der Waals surface area contributed by atoms with Crippen LogP contribution in [-0.4, -0.2) is 25.2 Å². The predicted molar refractivity (Wildman–Crippen MR) is 88.3 cm³/mol. The third kappa shape index (κ3) is 3.20. The maximum absolute atomic E-state index is 3.77. The number of nitrogens with zero attached hydrogens (tertiary/aromatic N) is 1. The fraction of sp³-hybridized carbons (Fsp3) is 0.571. The van der Waals surface area contributed by atoms with Crippen LogP contribution in [0, 0.1) is 3.57 Å². The molecule has 98 valence electrons. The van der Waals surface area contributed by atoms with Crippen LogP contribution in [0.15, 0.2) is 22.7 Å². The molecule has 1 aromatic carbocycles. The van der Waals surface area contributed by atoms with Gasteiger partial charge in [-0.15, -0.1) is 0 Å². The zero-order chi connectivity index (χ0) is 12.5. The zero-order valence-electron chi connectivity index (χ0n) is 10.3. The van der Waals surface area contributed by atoms with Crippen LogP contribution in [0.2, 0.25) is 0 Å². The second kappa shape index (κ2) is 5.67. The Labute approximate surface area is 131 Å². The summed E-state index contributed by atoms with van der Waals surface area (Å²) in [5.41, 5.74) is 1.37. The van der Waals surface area contributed by atoms with E-state index in [1.165, 1.54) is 46.0 Å². The second-order valence-electron chi connectivity index (χ2n) is 5.32. The Morgan fingerprint density at radius 2 is 2.06 bits per heavy atom. The topological polar surface area (TPSA) is 15.3 Å². The summed E-state index contributed by atoms with van der Waals surface area (Å²) < 4.78 is 2.49. The van der Waals surface area contributed by atoms with Gasteiger partial charge in [0.2, 0.25) is 0 Å². The smallest absolute Gasteiger partial charge is 0.0378 e. The van der Waals surface area contributed by atoms with Gasteiger partial charge in [-0.05, 0) is 82.4 Å². The van der Waals surface area contributed by atoms with Crippen molar-refractivity contribution >= 4 is 44.2 Å². The molecule has 2 aliphatic rings. The van der Waals surface area contributed by atoms with E-state index >= 15 is 0 Å². The molecule has 1 aliphatic heterocycles. The first-order valence-electron chi connectivity index (χ1n) is 6.68. The van der Waals surface area contributed by atoms with Crippen LogP contribution in [-0.2, 0) is 0 Å². The Kier molecular flexibility index (Phi) is 4.15. The molecule has 1 aromatic rings. The number of hydrogen-bond acceptors (Lipinski definition) is 2. The van der Waals surface area contributed by atoms with Crippen molar-refractivity contribution < 1.29 is 0 Å². The molecule has 1 unspecified atom stereocenters. The number of benzene rings is 1. The van der Waals surface area contributed by atoms with Gasteiger partial charge in [0.1, 0.15) is 0 Å². The Balaban J connectivity index is 1.68. The van der Waals surface area contributed by atoms with Gasteiger partial charge in [0.05, 0.1) is 0 Å². The van der Waals surface area contributed by atoms with Crippen molar-refractivity contribution in [3.8, 4) is 0 Å². The molecule has 1 N–H and O–H groups in total. The summed E-state index contributed by atoms with van der Waals surface area (Å²) in [7, 11) is 0. The summed E-state index contributed by atoms with van der Waals surface area (Å²) in [6, 6.07) is 8.18. The molecule has 1 atom stereocenters. The Morgan fingerprint density at radius 1 is 1.22 bits per heavy atom. The zero-order valence-corrected chi connectivity index (χ0v) is 14.1. The van der Waals surface area contributed by atoms with Gasteiger partial charge in [-0.3, -0.25) is 0 Å². The average molecular weight is 421 g/mol. The molecule has 18 heavy (non-hydrogen) atoms. The molecule has 1 aliphatic carbocycles. The van der Waals surface area contributed by atoms with Gasteiger partial charge in [0.25, 0.3) is 0 Å². The van der Waals surface area contributed by atoms with Crippen LogP contribution in [0.5, 0.6) is 0 Å². The Hall–Kier alpha value is 0.190. The van der Waals surface area contributed by atoms with Crippen molar-refractivity contribution in [2.75, 3.05) is 18.0 Å². The van der Waals surface area contributed by atoms with Crippen molar-refractivity contribution in [2.45, 2.75) is 37.8 Å². The van der Waals surface area contributed by atoms with Crippen LogP contribution in [0.25, 0.3) is 0 Å². The molecule has 0 amide bonds. The van der Waals surface area contributed by atoms with Crippen molar-refractivity contribution in [3.63, 3.8) is 0 Å². The largest absolute Gasteiger partial charge is 0.370 e. The highest BCUT2D eigenvalue weighted by Gasteiger charge is 2.27. The molecule has 0 radical (unpaired) electrons. The summed E-state index contributed by atoms with van der Waals surface area (Å²) in [5, 5.41) is 3.77. The molecular formula is C14H18BrIN2. The predicted octanol–water partition coefficient (Wildman–Crippen LogP) is 3.77. The highest BCUT2D eigenvalue weighted by Crippen LogP contribution is 2.28. The lowest BCUT2D eigenvalue weighted by atomic mass is 10.0. The van der Waals surface area contributed by atoms with Crippen molar-refractivity contribution in [2.24, 2.45) is 0 Å². The SMILES string of the molecule is Brc1ccc(N2CCCC(NC3CC3)C2)cc1I. The molecule has 0 aromatic heterocycles. The van der Waals surface area contributed by atoms with E-state index in [2.05, 4.69) is 66.9 Å². The minimum atomic E-state index is 0.688. The van der Waals surface area contributed by atoms with Crippen LogP contribution in [0.4, 0.5) is 5.69 Å². The molecule has 0 spiro atoms. The maximum Gasteiger partial charge on any atom is 0.0378 e. The minimum Gasteiger partial charge on any atom is -0.370 e. The fourth-order valence-electron chi connectivity index (χ4n) is 2.61. The van der Waals surface area contributed by atoms with E-state index in [-0.39, 0.29) is 0 Å². The summed E-state index contributed by atoms with van der Waals surface area (Å²) in [4.78, 5) is 2.53. The fourth-order valence-corrected chi connectivity index (χ4v) is 3.36. The normalized spacial score (nSPS) is 24.3. The average Bonchev–Trinajstić information content (AvgIpc) is 3.17. The molecule has 1 saturated heterocycles. The molecule has 2 nitrogen and oxygen atoms in total. The highest BCUT2D eigenvalue weighted by molar-refractivity contribution is 14.1. The first-order chi connectivity index (χ1) is 8.72. The van der Waals surface area contributed by atoms with Gasteiger partial charge < -0.3 is 10.2 Å². The Bertz CT molecular complexity index is 434. The molecule has 1 saturated carbocycles. The molecular weight excluding hydrogens is 403 g/mol. The Morgan fingerprint density at radius 3 is 2.78 bits per heavy atom. The van der Waals surface area contributed by atoms with E-state index in [4.69, 9.17) is 0 Å².